The summed E-state index contributed by atoms with van der Waals surface area (Å²) in [6.45, 7) is -1.06. The van der Waals surface area contributed by atoms with Gasteiger partial charge < -0.3 is 19.7 Å². The standard InChI is InChI=1S/2C9H10F2N2O4/c2*10-4-1-7(17-6(4)3-14)13-2-5(11)8(15)12-9(13)16/h2*2,4,6-7,14H,1,3H2,(H,12,15,16)/t2*4-,6+,7+/m00/s1. The van der Waals surface area contributed by atoms with Crippen LogP contribution in [0.5, 0.6) is 0 Å². The van der Waals surface area contributed by atoms with Crippen LogP contribution in [0.2, 0.25) is 0 Å². The van der Waals surface area contributed by atoms with E-state index < -0.39 is 84.4 Å². The highest BCUT2D eigenvalue weighted by molar-refractivity contribution is 4.92. The Bertz CT molecular complexity index is 1150. The zero-order chi connectivity index (χ0) is 25.2. The maximum absolute atomic E-state index is 13.3. The number of aliphatic hydroxyl groups excluding tert-OH is 2. The van der Waals surface area contributed by atoms with Gasteiger partial charge in [-0.15, -0.1) is 0 Å². The van der Waals surface area contributed by atoms with Gasteiger partial charge in [-0.2, -0.15) is 8.78 Å². The summed E-state index contributed by atoms with van der Waals surface area (Å²) >= 11 is 0. The van der Waals surface area contributed by atoms with E-state index in [1.165, 1.54) is 0 Å². The molecular formula is C18H20F4N4O8. The SMILES string of the molecule is O=c1[nH]c(=O)n([C@H]2C[C@H](F)[C@@H](CO)O2)cc1F.O=c1[nH]c(=O)n([C@H]2C[C@H](F)[C@@H](CO)O2)cc1F. The van der Waals surface area contributed by atoms with Crippen molar-refractivity contribution >= 4 is 0 Å². The zero-order valence-corrected chi connectivity index (χ0v) is 17.2. The molecule has 0 aliphatic carbocycles. The van der Waals surface area contributed by atoms with Crippen molar-refractivity contribution in [2.24, 2.45) is 0 Å². The minimum atomic E-state index is -1.44. The summed E-state index contributed by atoms with van der Waals surface area (Å²) in [6.07, 6.45) is -6.05. The molecule has 2 aromatic rings. The second-order valence-electron chi connectivity index (χ2n) is 7.41. The molecule has 2 aromatic heterocycles. The first-order valence-electron chi connectivity index (χ1n) is 9.88. The van der Waals surface area contributed by atoms with Gasteiger partial charge in [0, 0.05) is 12.8 Å². The predicted molar refractivity (Wildman–Crippen MR) is 104 cm³/mol. The van der Waals surface area contributed by atoms with Gasteiger partial charge in [0.25, 0.3) is 11.1 Å². The van der Waals surface area contributed by atoms with Gasteiger partial charge in [-0.05, 0) is 0 Å². The van der Waals surface area contributed by atoms with Crippen LogP contribution in [-0.4, -0.2) is 67.1 Å². The summed E-state index contributed by atoms with van der Waals surface area (Å²) in [6, 6.07) is 0. The van der Waals surface area contributed by atoms with Gasteiger partial charge in [0.05, 0.1) is 25.6 Å². The van der Waals surface area contributed by atoms with Gasteiger partial charge in [0.2, 0.25) is 11.6 Å². The predicted octanol–water partition coefficient (Wildman–Crippen LogP) is -1.41. The lowest BCUT2D eigenvalue weighted by atomic mass is 10.2. The number of halogens is 4. The first kappa shape index (κ1) is 25.5. The highest BCUT2D eigenvalue weighted by atomic mass is 19.1. The minimum absolute atomic E-state index is 0.184. The smallest absolute Gasteiger partial charge is 0.330 e. The van der Waals surface area contributed by atoms with Gasteiger partial charge in [0.15, 0.2) is 0 Å². The molecule has 0 saturated carbocycles. The summed E-state index contributed by atoms with van der Waals surface area (Å²) in [4.78, 5) is 47.8. The third-order valence-corrected chi connectivity index (χ3v) is 5.15. The van der Waals surface area contributed by atoms with Crippen molar-refractivity contribution in [2.75, 3.05) is 13.2 Å². The monoisotopic (exact) mass is 496 g/mol. The Morgan fingerprint density at radius 2 is 1.15 bits per heavy atom. The first-order valence-corrected chi connectivity index (χ1v) is 9.88. The molecule has 0 aromatic carbocycles. The zero-order valence-electron chi connectivity index (χ0n) is 17.2. The second-order valence-corrected chi connectivity index (χ2v) is 7.41. The Kier molecular flexibility index (Phi) is 7.86. The Balaban J connectivity index is 0.000000191. The van der Waals surface area contributed by atoms with E-state index in [1.54, 1.807) is 9.97 Å². The molecule has 0 radical (unpaired) electrons. The Morgan fingerprint density at radius 3 is 1.44 bits per heavy atom. The molecular weight excluding hydrogens is 476 g/mol. The third-order valence-electron chi connectivity index (χ3n) is 5.15. The molecule has 2 saturated heterocycles. The topological polar surface area (TPSA) is 169 Å². The fourth-order valence-electron chi connectivity index (χ4n) is 3.40. The van der Waals surface area contributed by atoms with Crippen LogP contribution < -0.4 is 22.5 Å². The molecule has 34 heavy (non-hydrogen) atoms. The summed E-state index contributed by atoms with van der Waals surface area (Å²) in [5, 5.41) is 17.6. The molecule has 16 heteroatoms. The average Bonchev–Trinajstić information content (AvgIpc) is 3.35. The number of aromatic amines is 2. The van der Waals surface area contributed by atoms with Crippen LogP contribution in [0.3, 0.4) is 0 Å². The maximum atomic E-state index is 13.3. The molecule has 2 aliphatic rings. The lowest BCUT2D eigenvalue weighted by Crippen LogP contribution is -2.34. The lowest BCUT2D eigenvalue weighted by molar-refractivity contribution is -0.0359. The number of hydrogen-bond acceptors (Lipinski definition) is 8. The molecule has 0 bridgehead atoms. The number of nitrogens with one attached hydrogen (secondary N) is 2. The van der Waals surface area contributed by atoms with E-state index in [1.807, 2.05) is 0 Å². The van der Waals surface area contributed by atoms with Crippen LogP contribution in [0.25, 0.3) is 0 Å². The quantitative estimate of drug-likeness (QED) is 0.374. The summed E-state index contributed by atoms with van der Waals surface area (Å²) < 4.78 is 64.1. The number of aliphatic hydroxyl groups is 2. The van der Waals surface area contributed by atoms with Crippen LogP contribution in [-0.2, 0) is 9.47 Å². The van der Waals surface area contributed by atoms with Crippen LogP contribution >= 0.6 is 0 Å². The molecule has 12 nitrogen and oxygen atoms in total. The van der Waals surface area contributed by atoms with Crippen LogP contribution in [0.4, 0.5) is 17.6 Å². The van der Waals surface area contributed by atoms with Crippen molar-refractivity contribution < 1.29 is 37.2 Å². The van der Waals surface area contributed by atoms with Crippen molar-refractivity contribution in [3.8, 4) is 0 Å². The minimum Gasteiger partial charge on any atom is -0.394 e. The van der Waals surface area contributed by atoms with E-state index in [0.717, 1.165) is 9.13 Å². The van der Waals surface area contributed by atoms with Crippen LogP contribution in [0.15, 0.2) is 31.6 Å². The number of H-pyrrole nitrogens is 2. The van der Waals surface area contributed by atoms with Crippen molar-refractivity contribution in [1.29, 1.82) is 0 Å². The molecule has 4 N–H and O–H groups in total. The molecule has 2 fully saturated rings. The third kappa shape index (κ3) is 5.35. The highest BCUT2D eigenvalue weighted by Crippen LogP contribution is 2.30. The normalized spacial score (nSPS) is 28.5. The average molecular weight is 496 g/mol. The highest BCUT2D eigenvalue weighted by Gasteiger charge is 2.37. The van der Waals surface area contributed by atoms with Crippen molar-refractivity contribution in [3.05, 3.63) is 65.7 Å². The summed E-state index contributed by atoms with van der Waals surface area (Å²) in [5.41, 5.74) is -4.04. The Morgan fingerprint density at radius 1 is 0.794 bits per heavy atom. The van der Waals surface area contributed by atoms with E-state index in [0.29, 0.717) is 12.4 Å². The Labute approximate surface area is 186 Å². The van der Waals surface area contributed by atoms with Gasteiger partial charge in [-0.25, -0.2) is 18.4 Å². The van der Waals surface area contributed by atoms with Crippen molar-refractivity contribution in [1.82, 2.24) is 19.1 Å². The van der Waals surface area contributed by atoms with E-state index in [-0.39, 0.29) is 12.8 Å². The van der Waals surface area contributed by atoms with E-state index in [9.17, 15) is 36.7 Å². The molecule has 0 amide bonds. The van der Waals surface area contributed by atoms with Gasteiger partial charge in [-0.1, -0.05) is 0 Å². The molecule has 6 atom stereocenters. The molecule has 0 spiro atoms. The number of nitrogens with zero attached hydrogens (tertiary/aromatic N) is 2. The number of rotatable bonds is 4. The molecule has 0 unspecified atom stereocenters. The van der Waals surface area contributed by atoms with E-state index >= 15 is 0 Å². The number of ether oxygens (including phenoxy) is 2. The molecule has 188 valence electrons. The van der Waals surface area contributed by atoms with Gasteiger partial charge >= 0.3 is 11.4 Å². The summed E-state index contributed by atoms with van der Waals surface area (Å²) in [7, 11) is 0. The maximum Gasteiger partial charge on any atom is 0.330 e. The van der Waals surface area contributed by atoms with Gasteiger partial charge in [0.1, 0.15) is 37.0 Å². The van der Waals surface area contributed by atoms with E-state index in [2.05, 4.69) is 0 Å². The van der Waals surface area contributed by atoms with Crippen LogP contribution in [0.1, 0.15) is 25.3 Å². The lowest BCUT2D eigenvalue weighted by Gasteiger charge is -2.13. The van der Waals surface area contributed by atoms with E-state index in [4.69, 9.17) is 19.7 Å². The molecule has 4 heterocycles. The fourth-order valence-corrected chi connectivity index (χ4v) is 3.40. The summed E-state index contributed by atoms with van der Waals surface area (Å²) in [5.74, 6) is -2.31. The number of hydrogen-bond donors (Lipinski definition) is 4. The van der Waals surface area contributed by atoms with Crippen LogP contribution in [0, 0.1) is 11.6 Å². The van der Waals surface area contributed by atoms with Gasteiger partial charge in [-0.3, -0.25) is 28.7 Å². The number of alkyl halides is 2. The first-order chi connectivity index (χ1) is 16.0. The van der Waals surface area contributed by atoms with Crippen molar-refractivity contribution in [2.45, 2.75) is 49.8 Å². The number of aromatic nitrogens is 4. The molecule has 4 rings (SSSR count). The Hall–Kier alpha value is -3.08. The molecule has 2 aliphatic heterocycles. The van der Waals surface area contributed by atoms with Crippen molar-refractivity contribution in [3.63, 3.8) is 0 Å². The largest absolute Gasteiger partial charge is 0.394 e. The fraction of sp³-hybridized carbons (Fsp3) is 0.556. The second kappa shape index (κ2) is 10.5.